The summed E-state index contributed by atoms with van der Waals surface area (Å²) < 4.78 is 23.9. The van der Waals surface area contributed by atoms with Gasteiger partial charge in [0.15, 0.2) is 14.9 Å². The Morgan fingerprint density at radius 2 is 1.80 bits per heavy atom. The smallest absolute Gasteiger partial charge is 0.192 e. The second-order valence-electron chi connectivity index (χ2n) is 4.57. The highest BCUT2D eigenvalue weighted by Crippen LogP contribution is 2.20. The number of aromatic nitrogens is 1. The Bertz CT molecular complexity index is 682. The van der Waals surface area contributed by atoms with Crippen LogP contribution in [0.4, 0.5) is 5.69 Å². The van der Waals surface area contributed by atoms with Crippen LogP contribution in [0.15, 0.2) is 47.6 Å². The van der Waals surface area contributed by atoms with Crippen molar-refractivity contribution < 1.29 is 8.42 Å². The number of halogens is 1. The van der Waals surface area contributed by atoms with Gasteiger partial charge in [0.05, 0.1) is 11.9 Å². The fourth-order valence-corrected chi connectivity index (χ4v) is 2.69. The van der Waals surface area contributed by atoms with Gasteiger partial charge in [-0.05, 0) is 59.3 Å². The summed E-state index contributed by atoms with van der Waals surface area (Å²) >= 11 is 2.27. The summed E-state index contributed by atoms with van der Waals surface area (Å²) in [7, 11) is -3.24. The van der Waals surface area contributed by atoms with Crippen LogP contribution >= 0.6 is 22.6 Å². The van der Waals surface area contributed by atoms with Crippen molar-refractivity contribution in [2.45, 2.75) is 18.0 Å². The van der Waals surface area contributed by atoms with E-state index >= 15 is 0 Å². The molecule has 0 radical (unpaired) electrons. The molecule has 0 saturated carbocycles. The molecule has 4 nitrogen and oxygen atoms in total. The minimum absolute atomic E-state index is 0.0879. The van der Waals surface area contributed by atoms with E-state index in [-0.39, 0.29) is 11.1 Å². The third kappa shape index (κ3) is 3.92. The molecule has 0 spiro atoms. The summed E-state index contributed by atoms with van der Waals surface area (Å²) in [6.07, 6.45) is 2.69. The van der Waals surface area contributed by atoms with Crippen LogP contribution in [0, 0.1) is 3.57 Å². The van der Waals surface area contributed by atoms with Crippen LogP contribution in [-0.4, -0.2) is 19.7 Å². The second-order valence-corrected chi connectivity index (χ2v) is 7.78. The standard InChI is InChI=1S/C14H15IN2O2S/c1-10(11-3-5-12(15)6-4-11)17-13-7-8-14(16-9-13)20(2,18)19/h3-10,17H,1-2H3. The largest absolute Gasteiger partial charge is 0.377 e. The lowest BCUT2D eigenvalue weighted by atomic mass is 10.1. The molecular weight excluding hydrogens is 387 g/mol. The number of benzene rings is 1. The molecule has 1 N–H and O–H groups in total. The Labute approximate surface area is 132 Å². The highest BCUT2D eigenvalue weighted by atomic mass is 127. The molecule has 0 amide bonds. The average Bonchev–Trinajstić information content (AvgIpc) is 2.39. The van der Waals surface area contributed by atoms with E-state index in [0.29, 0.717) is 0 Å². The molecule has 106 valence electrons. The Balaban J connectivity index is 2.12. The van der Waals surface area contributed by atoms with Gasteiger partial charge in [-0.2, -0.15) is 0 Å². The van der Waals surface area contributed by atoms with Gasteiger partial charge in [-0.15, -0.1) is 0 Å². The van der Waals surface area contributed by atoms with Gasteiger partial charge >= 0.3 is 0 Å². The fourth-order valence-electron chi connectivity index (χ4n) is 1.77. The SMILES string of the molecule is CC(Nc1ccc(S(C)(=O)=O)nc1)c1ccc(I)cc1. The second kappa shape index (κ2) is 6.09. The molecule has 0 aliphatic rings. The number of nitrogens with zero attached hydrogens (tertiary/aromatic N) is 1. The Morgan fingerprint density at radius 3 is 2.30 bits per heavy atom. The molecule has 1 atom stereocenters. The van der Waals surface area contributed by atoms with E-state index in [9.17, 15) is 8.42 Å². The Hall–Kier alpha value is -1.15. The van der Waals surface area contributed by atoms with Crippen molar-refractivity contribution in [2.24, 2.45) is 0 Å². The van der Waals surface area contributed by atoms with Crippen LogP contribution in [0.1, 0.15) is 18.5 Å². The molecule has 0 fully saturated rings. The summed E-state index contributed by atoms with van der Waals surface area (Å²) in [5, 5.41) is 3.38. The summed E-state index contributed by atoms with van der Waals surface area (Å²) in [6, 6.07) is 11.6. The Morgan fingerprint density at radius 1 is 1.15 bits per heavy atom. The molecular formula is C14H15IN2O2S. The number of pyridine rings is 1. The van der Waals surface area contributed by atoms with Crippen LogP contribution in [0.25, 0.3) is 0 Å². The zero-order valence-electron chi connectivity index (χ0n) is 11.2. The molecule has 1 aromatic heterocycles. The van der Waals surface area contributed by atoms with Crippen molar-refractivity contribution in [2.75, 3.05) is 11.6 Å². The third-order valence-electron chi connectivity index (χ3n) is 2.87. The molecule has 2 rings (SSSR count). The molecule has 20 heavy (non-hydrogen) atoms. The first kappa shape index (κ1) is 15.2. The third-order valence-corrected chi connectivity index (χ3v) is 4.59. The number of sulfone groups is 1. The predicted molar refractivity (Wildman–Crippen MR) is 88.5 cm³/mol. The number of nitrogens with one attached hydrogen (secondary N) is 1. The number of rotatable bonds is 4. The Kier molecular flexibility index (Phi) is 4.64. The van der Waals surface area contributed by atoms with Crippen molar-refractivity contribution in [3.8, 4) is 0 Å². The van der Waals surface area contributed by atoms with Crippen molar-refractivity contribution in [3.63, 3.8) is 0 Å². The molecule has 6 heteroatoms. The van der Waals surface area contributed by atoms with Crippen molar-refractivity contribution in [1.29, 1.82) is 0 Å². The maximum Gasteiger partial charge on any atom is 0.192 e. The van der Waals surface area contributed by atoms with E-state index in [2.05, 4.69) is 57.2 Å². The van der Waals surface area contributed by atoms with Crippen molar-refractivity contribution in [1.82, 2.24) is 4.98 Å². The molecule has 1 aromatic carbocycles. The van der Waals surface area contributed by atoms with E-state index in [0.717, 1.165) is 17.5 Å². The van der Waals surface area contributed by atoms with Gasteiger partial charge in [-0.3, -0.25) is 0 Å². The zero-order valence-corrected chi connectivity index (χ0v) is 14.1. The maximum atomic E-state index is 11.3. The number of anilines is 1. The maximum absolute atomic E-state index is 11.3. The fraction of sp³-hybridized carbons (Fsp3) is 0.214. The summed E-state index contributed by atoms with van der Waals surface area (Å²) in [6.45, 7) is 2.05. The van der Waals surface area contributed by atoms with Gasteiger partial charge in [-0.1, -0.05) is 12.1 Å². The molecule has 1 heterocycles. The van der Waals surface area contributed by atoms with Crippen LogP contribution in [-0.2, 0) is 9.84 Å². The minimum Gasteiger partial charge on any atom is -0.377 e. The lowest BCUT2D eigenvalue weighted by Gasteiger charge is -2.15. The van der Waals surface area contributed by atoms with E-state index in [1.807, 2.05) is 6.92 Å². The zero-order chi connectivity index (χ0) is 14.8. The first-order chi connectivity index (χ1) is 9.36. The predicted octanol–water partition coefficient (Wildman–Crippen LogP) is 3.26. The van der Waals surface area contributed by atoms with Gasteiger partial charge in [0.25, 0.3) is 0 Å². The topological polar surface area (TPSA) is 59.1 Å². The lowest BCUT2D eigenvalue weighted by molar-refractivity contribution is 0.598. The highest BCUT2D eigenvalue weighted by molar-refractivity contribution is 14.1. The van der Waals surface area contributed by atoms with E-state index < -0.39 is 9.84 Å². The van der Waals surface area contributed by atoms with E-state index in [1.54, 1.807) is 12.3 Å². The van der Waals surface area contributed by atoms with Crippen LogP contribution < -0.4 is 5.32 Å². The first-order valence-corrected chi connectivity index (χ1v) is 9.01. The van der Waals surface area contributed by atoms with Crippen LogP contribution in [0.3, 0.4) is 0 Å². The average molecular weight is 402 g/mol. The van der Waals surface area contributed by atoms with Gasteiger partial charge in [0.2, 0.25) is 0 Å². The van der Waals surface area contributed by atoms with Crippen LogP contribution in [0.5, 0.6) is 0 Å². The lowest BCUT2D eigenvalue weighted by Crippen LogP contribution is -2.07. The van der Waals surface area contributed by atoms with Gasteiger partial charge in [0.1, 0.15) is 0 Å². The summed E-state index contributed by atoms with van der Waals surface area (Å²) in [5.41, 5.74) is 1.96. The van der Waals surface area contributed by atoms with Crippen molar-refractivity contribution in [3.05, 3.63) is 51.7 Å². The van der Waals surface area contributed by atoms with E-state index in [4.69, 9.17) is 0 Å². The number of hydrogen-bond acceptors (Lipinski definition) is 4. The normalized spacial score (nSPS) is 12.9. The van der Waals surface area contributed by atoms with E-state index in [1.165, 1.54) is 9.64 Å². The van der Waals surface area contributed by atoms with Crippen molar-refractivity contribution >= 4 is 38.1 Å². The monoisotopic (exact) mass is 402 g/mol. The minimum atomic E-state index is -3.24. The van der Waals surface area contributed by atoms with Gasteiger partial charge in [0, 0.05) is 15.9 Å². The number of hydrogen-bond donors (Lipinski definition) is 1. The summed E-state index contributed by atoms with van der Waals surface area (Å²) in [4.78, 5) is 3.96. The van der Waals surface area contributed by atoms with Gasteiger partial charge in [-0.25, -0.2) is 13.4 Å². The van der Waals surface area contributed by atoms with Crippen LogP contribution in [0.2, 0.25) is 0 Å². The molecule has 1 unspecified atom stereocenters. The molecule has 2 aromatic rings. The molecule has 0 aliphatic carbocycles. The molecule has 0 saturated heterocycles. The molecule has 0 bridgehead atoms. The highest BCUT2D eigenvalue weighted by Gasteiger charge is 2.09. The van der Waals surface area contributed by atoms with Gasteiger partial charge < -0.3 is 5.32 Å². The first-order valence-electron chi connectivity index (χ1n) is 6.04. The quantitative estimate of drug-likeness (QED) is 0.798. The molecule has 0 aliphatic heterocycles. The summed E-state index contributed by atoms with van der Waals surface area (Å²) in [5.74, 6) is 0.